The van der Waals surface area contributed by atoms with E-state index in [1.165, 1.54) is 5.56 Å². The molecule has 0 aliphatic heterocycles. The highest BCUT2D eigenvalue weighted by molar-refractivity contribution is 7.98. The van der Waals surface area contributed by atoms with E-state index in [0.717, 1.165) is 5.75 Å². The van der Waals surface area contributed by atoms with Gasteiger partial charge >= 0.3 is 5.97 Å². The molecule has 17 heavy (non-hydrogen) atoms. The van der Waals surface area contributed by atoms with Crippen molar-refractivity contribution in [3.63, 3.8) is 0 Å². The van der Waals surface area contributed by atoms with E-state index in [9.17, 15) is 4.79 Å². The van der Waals surface area contributed by atoms with E-state index in [4.69, 9.17) is 5.11 Å². The molecular weight excluding hydrogens is 234 g/mol. The third-order valence-electron chi connectivity index (χ3n) is 2.04. The number of hydrogen-bond donors (Lipinski definition) is 2. The Morgan fingerprint density at radius 3 is 2.41 bits per heavy atom. The van der Waals surface area contributed by atoms with Gasteiger partial charge in [-0.15, -0.1) is 0 Å². The van der Waals surface area contributed by atoms with Gasteiger partial charge in [-0.05, 0) is 12.6 Å². The topological polar surface area (TPSA) is 49.3 Å². The molecule has 0 radical (unpaired) electrons. The van der Waals surface area contributed by atoms with Crippen LogP contribution in [0.15, 0.2) is 30.3 Å². The highest BCUT2D eigenvalue weighted by Crippen LogP contribution is 2.12. The van der Waals surface area contributed by atoms with E-state index in [1.54, 1.807) is 18.8 Å². The largest absolute Gasteiger partial charge is 0.480 e. The average molecular weight is 255 g/mol. The molecule has 1 aromatic rings. The fourth-order valence-electron chi connectivity index (χ4n) is 1.15. The van der Waals surface area contributed by atoms with Gasteiger partial charge in [0.2, 0.25) is 0 Å². The van der Waals surface area contributed by atoms with Crippen LogP contribution < -0.4 is 5.32 Å². The molecule has 0 spiro atoms. The summed E-state index contributed by atoms with van der Waals surface area (Å²) < 4.78 is 0. The molecule has 0 bridgehead atoms. The van der Waals surface area contributed by atoms with Crippen LogP contribution in [0, 0.1) is 0 Å². The Kier molecular flexibility index (Phi) is 9.57. The number of likely N-dealkylation sites (N-methyl/N-ethyl adjacent to an activating group) is 1. The molecule has 1 rings (SSSR count). The summed E-state index contributed by atoms with van der Waals surface area (Å²) in [5.41, 5.74) is 1.22. The van der Waals surface area contributed by atoms with Gasteiger partial charge in [-0.25, -0.2) is 0 Å². The van der Waals surface area contributed by atoms with Crippen LogP contribution in [0.4, 0.5) is 0 Å². The van der Waals surface area contributed by atoms with Gasteiger partial charge in [0.1, 0.15) is 6.04 Å². The maximum absolute atomic E-state index is 10.7. The highest BCUT2D eigenvalue weighted by atomic mass is 32.2. The van der Waals surface area contributed by atoms with Crippen LogP contribution in [0.3, 0.4) is 0 Å². The molecule has 0 fully saturated rings. The number of thioether (sulfide) groups is 1. The molecule has 4 heteroatoms. The number of carboxylic acid groups (broad SMARTS) is 1. The van der Waals surface area contributed by atoms with Crippen LogP contribution in [-0.2, 0) is 10.5 Å². The molecule has 0 aliphatic rings. The zero-order valence-corrected chi connectivity index (χ0v) is 11.5. The van der Waals surface area contributed by atoms with Crippen molar-refractivity contribution in [2.45, 2.75) is 25.6 Å². The summed E-state index contributed by atoms with van der Waals surface area (Å²) >= 11 is 1.62. The quantitative estimate of drug-likeness (QED) is 0.820. The van der Waals surface area contributed by atoms with Crippen molar-refractivity contribution in [3.8, 4) is 0 Å². The Morgan fingerprint density at radius 1 is 1.35 bits per heavy atom. The second kappa shape index (κ2) is 10.2. The van der Waals surface area contributed by atoms with Gasteiger partial charge in [0.15, 0.2) is 0 Å². The maximum atomic E-state index is 10.7. The van der Waals surface area contributed by atoms with Crippen LogP contribution in [0.2, 0.25) is 0 Å². The van der Waals surface area contributed by atoms with Crippen molar-refractivity contribution >= 4 is 17.7 Å². The number of rotatable bonds is 6. The van der Waals surface area contributed by atoms with Gasteiger partial charge in [0.25, 0.3) is 0 Å². The van der Waals surface area contributed by atoms with Crippen LogP contribution in [0.1, 0.15) is 19.4 Å². The summed E-state index contributed by atoms with van der Waals surface area (Å²) in [7, 11) is 1.67. The lowest BCUT2D eigenvalue weighted by molar-refractivity contribution is -0.138. The predicted octanol–water partition coefficient (Wildman–Crippen LogP) is 2.62. The first-order valence-electron chi connectivity index (χ1n) is 5.75. The molecule has 96 valence electrons. The fraction of sp³-hybridized carbons (Fsp3) is 0.462. The minimum Gasteiger partial charge on any atom is -0.480 e. The van der Waals surface area contributed by atoms with E-state index < -0.39 is 12.0 Å². The number of aliphatic carboxylic acids is 1. The lowest BCUT2D eigenvalue weighted by atomic mass is 10.2. The molecule has 0 amide bonds. The first kappa shape index (κ1) is 16.0. The van der Waals surface area contributed by atoms with E-state index in [1.807, 2.05) is 44.2 Å². The summed E-state index contributed by atoms with van der Waals surface area (Å²) in [6, 6.07) is 9.58. The number of benzene rings is 1. The molecule has 1 aromatic carbocycles. The molecule has 0 heterocycles. The van der Waals surface area contributed by atoms with Gasteiger partial charge in [-0.3, -0.25) is 4.79 Å². The second-order valence-corrected chi connectivity index (χ2v) is 4.21. The predicted molar refractivity (Wildman–Crippen MR) is 74.4 cm³/mol. The zero-order valence-electron chi connectivity index (χ0n) is 10.6. The fourth-order valence-corrected chi connectivity index (χ4v) is 2.24. The standard InChI is InChI=1S/C11H15NO2S.C2H6/c1-12-10(11(13)14)8-15-7-9-5-3-2-4-6-9;1-2/h2-6,10,12H,7-8H2,1H3,(H,13,14);1-2H3. The molecule has 0 aromatic heterocycles. The molecule has 0 aliphatic carbocycles. The summed E-state index contributed by atoms with van der Waals surface area (Å²) in [6.45, 7) is 4.00. The first-order valence-corrected chi connectivity index (χ1v) is 6.91. The van der Waals surface area contributed by atoms with Crippen molar-refractivity contribution in [1.82, 2.24) is 5.32 Å². The summed E-state index contributed by atoms with van der Waals surface area (Å²) in [4.78, 5) is 10.7. The van der Waals surface area contributed by atoms with Gasteiger partial charge in [-0.2, -0.15) is 11.8 Å². The van der Waals surface area contributed by atoms with Crippen molar-refractivity contribution in [3.05, 3.63) is 35.9 Å². The summed E-state index contributed by atoms with van der Waals surface area (Å²) in [5, 5.41) is 11.6. The first-order chi connectivity index (χ1) is 8.24. The molecular formula is C13H21NO2S. The van der Waals surface area contributed by atoms with Crippen molar-refractivity contribution in [2.75, 3.05) is 12.8 Å². The van der Waals surface area contributed by atoms with Crippen molar-refractivity contribution in [1.29, 1.82) is 0 Å². The minimum atomic E-state index is -0.793. The minimum absolute atomic E-state index is 0.460. The molecule has 3 nitrogen and oxygen atoms in total. The molecule has 0 saturated carbocycles. The van der Waals surface area contributed by atoms with E-state index in [2.05, 4.69) is 5.32 Å². The Morgan fingerprint density at radius 2 is 1.94 bits per heavy atom. The number of nitrogens with one attached hydrogen (secondary N) is 1. The van der Waals surface area contributed by atoms with E-state index in [0.29, 0.717) is 5.75 Å². The lowest BCUT2D eigenvalue weighted by Crippen LogP contribution is -2.36. The second-order valence-electron chi connectivity index (χ2n) is 3.18. The summed E-state index contributed by atoms with van der Waals surface area (Å²) in [5.74, 6) is 0.644. The SMILES string of the molecule is CC.CNC(CSCc1ccccc1)C(=O)O. The van der Waals surface area contributed by atoms with Crippen LogP contribution >= 0.6 is 11.8 Å². The average Bonchev–Trinajstić information content (AvgIpc) is 2.38. The Hall–Kier alpha value is -1.00. The molecule has 1 atom stereocenters. The zero-order chi connectivity index (χ0) is 13.1. The van der Waals surface area contributed by atoms with Gasteiger partial charge in [-0.1, -0.05) is 44.2 Å². The van der Waals surface area contributed by atoms with Gasteiger partial charge < -0.3 is 10.4 Å². The monoisotopic (exact) mass is 255 g/mol. The Balaban J connectivity index is 0.00000121. The third kappa shape index (κ3) is 7.02. The Bertz CT molecular complexity index is 304. The number of carboxylic acids is 1. The normalized spacial score (nSPS) is 11.2. The van der Waals surface area contributed by atoms with Crippen LogP contribution in [0.5, 0.6) is 0 Å². The molecule has 2 N–H and O–H groups in total. The Labute approximate surface area is 108 Å². The highest BCUT2D eigenvalue weighted by Gasteiger charge is 2.13. The number of carbonyl (C=O) groups is 1. The third-order valence-corrected chi connectivity index (χ3v) is 3.15. The lowest BCUT2D eigenvalue weighted by Gasteiger charge is -2.10. The van der Waals surface area contributed by atoms with Crippen LogP contribution in [-0.4, -0.2) is 29.9 Å². The van der Waals surface area contributed by atoms with E-state index >= 15 is 0 Å². The van der Waals surface area contributed by atoms with Crippen LogP contribution in [0.25, 0.3) is 0 Å². The molecule has 0 saturated heterocycles. The summed E-state index contributed by atoms with van der Waals surface area (Å²) in [6.07, 6.45) is 0. The van der Waals surface area contributed by atoms with Gasteiger partial charge in [0, 0.05) is 11.5 Å². The van der Waals surface area contributed by atoms with Gasteiger partial charge in [0.05, 0.1) is 0 Å². The van der Waals surface area contributed by atoms with E-state index in [-0.39, 0.29) is 0 Å². The van der Waals surface area contributed by atoms with Crippen molar-refractivity contribution in [2.24, 2.45) is 0 Å². The molecule has 1 unspecified atom stereocenters. The van der Waals surface area contributed by atoms with Crippen molar-refractivity contribution < 1.29 is 9.90 Å². The smallest absolute Gasteiger partial charge is 0.321 e. The number of hydrogen-bond acceptors (Lipinski definition) is 3. The maximum Gasteiger partial charge on any atom is 0.321 e.